The van der Waals surface area contributed by atoms with E-state index in [0.717, 1.165) is 17.9 Å². The molecule has 0 radical (unpaired) electrons. The number of rotatable bonds is 11. The first kappa shape index (κ1) is 26.5. The lowest BCUT2D eigenvalue weighted by Crippen LogP contribution is -2.41. The van der Waals surface area contributed by atoms with Crippen molar-refractivity contribution in [3.8, 4) is 5.75 Å². The molecule has 1 unspecified atom stereocenters. The molecule has 7 heteroatoms. The lowest BCUT2D eigenvalue weighted by Gasteiger charge is -2.18. The number of hydrogen-bond donors (Lipinski definition) is 2. The van der Waals surface area contributed by atoms with Crippen LogP contribution in [0.15, 0.2) is 29.3 Å². The molecule has 0 aliphatic heterocycles. The number of nitrogens with one attached hydrogen (secondary N) is 2. The monoisotopic (exact) mass is 504 g/mol. The number of carbonyl (C=O) groups is 1. The summed E-state index contributed by atoms with van der Waals surface area (Å²) in [6, 6.07) is 8.14. The zero-order valence-corrected chi connectivity index (χ0v) is 20.3. The second kappa shape index (κ2) is 15.4. The van der Waals surface area contributed by atoms with Gasteiger partial charge in [0, 0.05) is 33.7 Å². The summed E-state index contributed by atoms with van der Waals surface area (Å²) >= 11 is 0. The molecule has 0 saturated heterocycles. The van der Waals surface area contributed by atoms with Crippen molar-refractivity contribution in [3.05, 3.63) is 29.8 Å². The van der Waals surface area contributed by atoms with E-state index < -0.39 is 0 Å². The third kappa shape index (κ3) is 11.4. The van der Waals surface area contributed by atoms with Gasteiger partial charge in [-0.1, -0.05) is 44.7 Å². The molecule has 1 rings (SSSR count). The molecule has 1 amide bonds. The summed E-state index contributed by atoms with van der Waals surface area (Å²) in [4.78, 5) is 17.5. The number of halogens is 1. The number of benzene rings is 1. The van der Waals surface area contributed by atoms with Crippen molar-refractivity contribution in [1.82, 2.24) is 15.5 Å². The number of likely N-dealkylation sites (N-methyl/N-ethyl adjacent to an activating group) is 1. The van der Waals surface area contributed by atoms with E-state index in [1.807, 2.05) is 24.3 Å². The Kier molecular flexibility index (Phi) is 14.6. The quantitative estimate of drug-likeness (QED) is 0.208. The van der Waals surface area contributed by atoms with Crippen LogP contribution in [0, 0.1) is 0 Å². The third-order valence-electron chi connectivity index (χ3n) is 4.32. The van der Waals surface area contributed by atoms with Gasteiger partial charge in [0.1, 0.15) is 5.75 Å². The lowest BCUT2D eigenvalue weighted by molar-refractivity contribution is -0.130. The van der Waals surface area contributed by atoms with Gasteiger partial charge in [0.15, 0.2) is 12.6 Å². The van der Waals surface area contributed by atoms with Crippen molar-refractivity contribution in [2.75, 3.05) is 27.7 Å². The first-order chi connectivity index (χ1) is 13.0. The van der Waals surface area contributed by atoms with Crippen LogP contribution in [0.3, 0.4) is 0 Å². The fourth-order valence-corrected chi connectivity index (χ4v) is 2.58. The minimum Gasteiger partial charge on any atom is -0.484 e. The van der Waals surface area contributed by atoms with Crippen LogP contribution in [-0.2, 0) is 11.3 Å². The van der Waals surface area contributed by atoms with Crippen molar-refractivity contribution >= 4 is 35.8 Å². The zero-order chi connectivity index (χ0) is 20.1. The topological polar surface area (TPSA) is 66.0 Å². The molecule has 0 aliphatic carbocycles. The van der Waals surface area contributed by atoms with Gasteiger partial charge >= 0.3 is 0 Å². The Labute approximate surface area is 187 Å². The molecule has 0 spiro atoms. The van der Waals surface area contributed by atoms with E-state index >= 15 is 0 Å². The molecule has 0 bridgehead atoms. The predicted molar refractivity (Wildman–Crippen MR) is 128 cm³/mol. The highest BCUT2D eigenvalue weighted by Crippen LogP contribution is 2.13. The molecular formula is C21H37IN4O2. The molecular weight excluding hydrogens is 467 g/mol. The second-order valence-electron chi connectivity index (χ2n) is 7.04. The van der Waals surface area contributed by atoms with Crippen LogP contribution in [0.4, 0.5) is 0 Å². The highest BCUT2D eigenvalue weighted by atomic mass is 127. The van der Waals surface area contributed by atoms with Gasteiger partial charge in [-0.05, 0) is 31.0 Å². The molecule has 2 N–H and O–H groups in total. The van der Waals surface area contributed by atoms with Crippen LogP contribution < -0.4 is 15.4 Å². The van der Waals surface area contributed by atoms with Crippen molar-refractivity contribution in [2.24, 2.45) is 4.99 Å². The zero-order valence-electron chi connectivity index (χ0n) is 18.0. The SMILES string of the molecule is CCCCCCC(C)NC(=NC)NCc1cccc(OCC(=O)N(C)C)c1.I. The fourth-order valence-electron chi connectivity index (χ4n) is 2.58. The van der Waals surface area contributed by atoms with E-state index in [4.69, 9.17) is 4.74 Å². The number of hydrogen-bond acceptors (Lipinski definition) is 3. The number of nitrogens with zero attached hydrogens (tertiary/aromatic N) is 2. The van der Waals surface area contributed by atoms with E-state index in [9.17, 15) is 4.79 Å². The molecule has 0 aromatic heterocycles. The number of amides is 1. The van der Waals surface area contributed by atoms with Crippen LogP contribution in [0.5, 0.6) is 5.75 Å². The van der Waals surface area contributed by atoms with Gasteiger partial charge in [0.05, 0.1) is 0 Å². The lowest BCUT2D eigenvalue weighted by atomic mass is 10.1. The summed E-state index contributed by atoms with van der Waals surface area (Å²) in [7, 11) is 5.22. The van der Waals surface area contributed by atoms with Crippen LogP contribution >= 0.6 is 24.0 Å². The maximum absolute atomic E-state index is 11.6. The smallest absolute Gasteiger partial charge is 0.259 e. The van der Waals surface area contributed by atoms with Gasteiger partial charge in [-0.15, -0.1) is 24.0 Å². The number of aliphatic imine (C=N–C) groups is 1. The van der Waals surface area contributed by atoms with Gasteiger partial charge < -0.3 is 20.3 Å². The Morgan fingerprint density at radius 1 is 1.25 bits per heavy atom. The Hall–Kier alpha value is -1.51. The first-order valence-corrected chi connectivity index (χ1v) is 9.85. The van der Waals surface area contributed by atoms with Gasteiger partial charge in [-0.25, -0.2) is 0 Å². The molecule has 1 atom stereocenters. The number of carbonyl (C=O) groups excluding carboxylic acids is 1. The maximum atomic E-state index is 11.6. The first-order valence-electron chi connectivity index (χ1n) is 9.85. The molecule has 6 nitrogen and oxygen atoms in total. The Bertz CT molecular complexity index is 594. The normalized spacial score (nSPS) is 12.0. The Balaban J connectivity index is 0.00000729. The van der Waals surface area contributed by atoms with E-state index in [1.54, 1.807) is 21.1 Å². The van der Waals surface area contributed by atoms with Crippen LogP contribution in [-0.4, -0.2) is 50.6 Å². The van der Waals surface area contributed by atoms with Crippen LogP contribution in [0.2, 0.25) is 0 Å². The molecule has 160 valence electrons. The van der Waals surface area contributed by atoms with E-state index in [0.29, 0.717) is 18.3 Å². The summed E-state index contributed by atoms with van der Waals surface area (Å²) < 4.78 is 5.57. The summed E-state index contributed by atoms with van der Waals surface area (Å²) in [5.74, 6) is 1.43. The molecule has 1 aromatic rings. The summed E-state index contributed by atoms with van der Waals surface area (Å²) in [6.07, 6.45) is 6.24. The molecule has 28 heavy (non-hydrogen) atoms. The maximum Gasteiger partial charge on any atom is 0.259 e. The number of guanidine groups is 1. The highest BCUT2D eigenvalue weighted by molar-refractivity contribution is 14.0. The number of unbranched alkanes of at least 4 members (excludes halogenated alkanes) is 3. The predicted octanol–water partition coefficient (Wildman–Crippen LogP) is 3.80. The molecule has 1 aromatic carbocycles. The van der Waals surface area contributed by atoms with Crippen molar-refractivity contribution in [1.29, 1.82) is 0 Å². The second-order valence-corrected chi connectivity index (χ2v) is 7.04. The van der Waals surface area contributed by atoms with Gasteiger partial charge in [-0.2, -0.15) is 0 Å². The fraction of sp³-hybridized carbons (Fsp3) is 0.619. The summed E-state index contributed by atoms with van der Waals surface area (Å²) in [5, 5.41) is 6.78. The van der Waals surface area contributed by atoms with E-state index in [1.165, 1.54) is 30.6 Å². The largest absolute Gasteiger partial charge is 0.484 e. The minimum atomic E-state index is -0.0592. The van der Waals surface area contributed by atoms with Gasteiger partial charge in [0.2, 0.25) is 0 Å². The highest BCUT2D eigenvalue weighted by Gasteiger charge is 2.07. The molecule has 0 fully saturated rings. The average molecular weight is 504 g/mol. The van der Waals surface area contributed by atoms with Crippen molar-refractivity contribution < 1.29 is 9.53 Å². The summed E-state index contributed by atoms with van der Waals surface area (Å²) in [5.41, 5.74) is 1.07. The minimum absolute atomic E-state index is 0. The third-order valence-corrected chi connectivity index (χ3v) is 4.32. The van der Waals surface area contributed by atoms with Crippen molar-refractivity contribution in [2.45, 2.75) is 58.5 Å². The standard InChI is InChI=1S/C21H36N4O2.HI/c1-6-7-8-9-11-17(2)24-21(22-3)23-15-18-12-10-13-19(14-18)27-16-20(26)25(4)5;/h10,12-14,17H,6-9,11,15-16H2,1-5H3,(H2,22,23,24);1H. The van der Waals surface area contributed by atoms with Crippen LogP contribution in [0.1, 0.15) is 51.5 Å². The molecule has 0 saturated carbocycles. The molecule has 0 aliphatic rings. The average Bonchev–Trinajstić information content (AvgIpc) is 2.66. The van der Waals surface area contributed by atoms with E-state index in [2.05, 4.69) is 29.5 Å². The summed E-state index contributed by atoms with van der Waals surface area (Å²) in [6.45, 7) is 5.10. The Morgan fingerprint density at radius 3 is 2.64 bits per heavy atom. The Morgan fingerprint density at radius 2 is 2.00 bits per heavy atom. The van der Waals surface area contributed by atoms with Gasteiger partial charge in [-0.3, -0.25) is 9.79 Å². The number of ether oxygens (including phenoxy) is 1. The van der Waals surface area contributed by atoms with E-state index in [-0.39, 0.29) is 36.5 Å². The van der Waals surface area contributed by atoms with Gasteiger partial charge in [0.25, 0.3) is 5.91 Å². The van der Waals surface area contributed by atoms with Crippen molar-refractivity contribution in [3.63, 3.8) is 0 Å². The molecule has 0 heterocycles. The van der Waals surface area contributed by atoms with Crippen LogP contribution in [0.25, 0.3) is 0 Å².